The lowest BCUT2D eigenvalue weighted by Gasteiger charge is -2.21. The molecule has 0 aromatic heterocycles. The second-order valence-electron chi connectivity index (χ2n) is 7.53. The molecule has 0 amide bonds. The molecule has 0 saturated carbocycles. The van der Waals surface area contributed by atoms with Gasteiger partial charge in [0, 0.05) is 55.5 Å². The third-order valence-electron chi connectivity index (χ3n) is 5.63. The molecule has 156 valence electrons. The molecule has 0 unspecified atom stereocenters. The van der Waals surface area contributed by atoms with E-state index in [1.807, 2.05) is 36.4 Å². The van der Waals surface area contributed by atoms with Gasteiger partial charge in [-0.15, -0.1) is 0 Å². The highest BCUT2D eigenvalue weighted by atomic mass is 79.9. The first kappa shape index (κ1) is 20.9. The summed E-state index contributed by atoms with van der Waals surface area (Å²) in [6.45, 7) is 0. The molecule has 6 rings (SSSR count). The highest BCUT2D eigenvalue weighted by Crippen LogP contribution is 2.34. The summed E-state index contributed by atoms with van der Waals surface area (Å²) in [7, 11) is 0. The van der Waals surface area contributed by atoms with Crippen molar-refractivity contribution in [2.45, 2.75) is 16.2 Å². The molecule has 1 aliphatic heterocycles. The van der Waals surface area contributed by atoms with E-state index < -0.39 is 11.2 Å². The third kappa shape index (κ3) is 3.52. The van der Waals surface area contributed by atoms with Crippen LogP contribution in [0, 0.1) is 0 Å². The fourth-order valence-electron chi connectivity index (χ4n) is 4.09. The summed E-state index contributed by atoms with van der Waals surface area (Å²) in [4.78, 5) is 26.5. The Balaban J connectivity index is 0.000000136. The van der Waals surface area contributed by atoms with E-state index in [0.29, 0.717) is 26.7 Å². The Morgan fingerprint density at radius 2 is 1.12 bits per heavy atom. The van der Waals surface area contributed by atoms with Crippen LogP contribution in [-0.4, -0.2) is 16.1 Å². The molecule has 1 heterocycles. The molecular weight excluding hydrogens is 484 g/mol. The summed E-state index contributed by atoms with van der Waals surface area (Å²) in [6.07, 6.45) is 0.901. The quantitative estimate of drug-likeness (QED) is 0.245. The van der Waals surface area contributed by atoms with Crippen molar-refractivity contribution >= 4 is 38.7 Å². The van der Waals surface area contributed by atoms with Crippen molar-refractivity contribution in [3.8, 4) is 0 Å². The van der Waals surface area contributed by atoms with E-state index >= 15 is 0 Å². The molecule has 0 atom stereocenters. The highest BCUT2D eigenvalue weighted by Gasteiger charge is 2.30. The molecule has 4 aromatic carbocycles. The van der Waals surface area contributed by atoms with E-state index in [0.717, 1.165) is 16.2 Å². The van der Waals surface area contributed by atoms with Crippen LogP contribution in [0.4, 0.5) is 0 Å². The first-order chi connectivity index (χ1) is 15.6. The van der Waals surface area contributed by atoms with Gasteiger partial charge in [-0.2, -0.15) is 0 Å². The largest absolute Gasteiger partial charge is 0.606 e. The lowest BCUT2D eigenvalue weighted by atomic mass is 9.84. The van der Waals surface area contributed by atoms with Gasteiger partial charge in [-0.25, -0.2) is 0 Å². The van der Waals surface area contributed by atoms with E-state index in [4.69, 9.17) is 0 Å². The monoisotopic (exact) mass is 500 g/mol. The van der Waals surface area contributed by atoms with Crippen molar-refractivity contribution in [3.63, 3.8) is 0 Å². The maximum atomic E-state index is 12.3. The summed E-state index contributed by atoms with van der Waals surface area (Å²) in [5.41, 5.74) is 4.29. The second kappa shape index (κ2) is 8.51. The second-order valence-corrected chi connectivity index (χ2v) is 9.80. The zero-order valence-electron chi connectivity index (χ0n) is 16.9. The number of carbonyl (C=O) groups is 2. The molecule has 0 N–H and O–H groups in total. The molecule has 0 radical (unpaired) electrons. The lowest BCUT2D eigenvalue weighted by molar-refractivity contribution is 0.0978. The molecule has 0 fully saturated rings. The Bertz CT molecular complexity index is 1330. The zero-order chi connectivity index (χ0) is 22.2. The van der Waals surface area contributed by atoms with E-state index in [-0.39, 0.29) is 11.6 Å². The fraction of sp³-hybridized carbons (Fsp3) is 0.0370. The van der Waals surface area contributed by atoms with Crippen LogP contribution in [0.25, 0.3) is 0 Å². The third-order valence-corrected chi connectivity index (χ3v) is 7.88. The first-order valence-corrected chi connectivity index (χ1v) is 12.0. The van der Waals surface area contributed by atoms with Crippen molar-refractivity contribution in [1.82, 2.24) is 0 Å². The minimum absolute atomic E-state index is 0.0866. The number of hydrogen-bond donors (Lipinski definition) is 0. The van der Waals surface area contributed by atoms with Gasteiger partial charge >= 0.3 is 0 Å². The molecular formula is C27H17BrO3S. The summed E-state index contributed by atoms with van der Waals surface area (Å²) < 4.78 is 12.9. The smallest absolute Gasteiger partial charge is 0.195 e. The van der Waals surface area contributed by atoms with E-state index in [1.54, 1.807) is 42.5 Å². The molecule has 3 nitrogen and oxygen atoms in total. The maximum Gasteiger partial charge on any atom is 0.195 e. The molecule has 32 heavy (non-hydrogen) atoms. The molecule has 1 aliphatic carbocycles. The van der Waals surface area contributed by atoms with Gasteiger partial charge in [0.2, 0.25) is 0 Å². The number of carbonyl (C=O) groups excluding carboxylic acids is 2. The van der Waals surface area contributed by atoms with Crippen molar-refractivity contribution in [2.75, 3.05) is 0 Å². The molecule has 0 saturated heterocycles. The van der Waals surface area contributed by atoms with Crippen LogP contribution in [0.15, 0.2) is 105 Å². The van der Waals surface area contributed by atoms with E-state index in [1.165, 1.54) is 11.1 Å². The number of fused-ring (bicyclic) bond motifs is 4. The van der Waals surface area contributed by atoms with Crippen molar-refractivity contribution < 1.29 is 14.1 Å². The molecule has 5 heteroatoms. The lowest BCUT2D eigenvalue weighted by Crippen LogP contribution is -2.21. The van der Waals surface area contributed by atoms with E-state index in [9.17, 15) is 14.1 Å². The van der Waals surface area contributed by atoms with Gasteiger partial charge in [-0.05, 0) is 18.2 Å². The Morgan fingerprint density at radius 1 is 0.625 bits per heavy atom. The van der Waals surface area contributed by atoms with Crippen LogP contribution in [0.2, 0.25) is 0 Å². The number of halogens is 1. The summed E-state index contributed by atoms with van der Waals surface area (Å²) in [5.74, 6) is -0.181. The van der Waals surface area contributed by atoms with Gasteiger partial charge in [-0.3, -0.25) is 9.59 Å². The topological polar surface area (TPSA) is 57.2 Å². The van der Waals surface area contributed by atoms with Crippen molar-refractivity contribution in [2.24, 2.45) is 0 Å². The summed E-state index contributed by atoms with van der Waals surface area (Å²) in [6, 6.07) is 28.1. The van der Waals surface area contributed by atoms with E-state index in [2.05, 4.69) is 28.1 Å². The van der Waals surface area contributed by atoms with Crippen LogP contribution in [0.1, 0.15) is 43.0 Å². The number of hydrogen-bond acceptors (Lipinski definition) is 3. The average molecular weight is 501 g/mol. The zero-order valence-corrected chi connectivity index (χ0v) is 19.3. The molecule has 4 aromatic rings. The van der Waals surface area contributed by atoms with Crippen LogP contribution in [0.3, 0.4) is 0 Å². The summed E-state index contributed by atoms with van der Waals surface area (Å²) in [5, 5.41) is 0. The molecule has 0 spiro atoms. The molecule has 0 bridgehead atoms. The van der Waals surface area contributed by atoms with Gasteiger partial charge in [0.1, 0.15) is 0 Å². The van der Waals surface area contributed by atoms with Gasteiger partial charge in [-0.1, -0.05) is 88.7 Å². The predicted octanol–water partition coefficient (Wildman–Crippen LogP) is 5.98. The maximum absolute atomic E-state index is 12.3. The predicted molar refractivity (Wildman–Crippen MR) is 128 cm³/mol. The highest BCUT2D eigenvalue weighted by molar-refractivity contribution is 9.10. The van der Waals surface area contributed by atoms with Crippen LogP contribution in [-0.2, 0) is 17.6 Å². The van der Waals surface area contributed by atoms with Gasteiger partial charge in [0.05, 0.1) is 0 Å². The number of benzene rings is 4. The normalized spacial score (nSPS) is 13.8. The van der Waals surface area contributed by atoms with Crippen molar-refractivity contribution in [3.05, 3.63) is 129 Å². The van der Waals surface area contributed by atoms with Crippen LogP contribution in [0.5, 0.6) is 0 Å². The standard InChI is InChI=1S/C14H7BrO2.C13H10OS/c15-11-7-3-6-10-12(11)14(17)9-5-2-1-4-8(9)13(10)16;14-15-12-7-3-1-5-10(12)9-11-6-2-4-8-13(11)15/h1-7H;1-8H,9H2. The van der Waals surface area contributed by atoms with Gasteiger partial charge in [0.15, 0.2) is 21.4 Å². The SMILES string of the molecule is O=C1c2ccccc2C(=O)c2c(Br)cccc21.[O-][S+]1c2ccccc2Cc2ccccc21. The Kier molecular flexibility index (Phi) is 5.55. The van der Waals surface area contributed by atoms with Crippen molar-refractivity contribution in [1.29, 1.82) is 0 Å². The van der Waals surface area contributed by atoms with Crippen LogP contribution < -0.4 is 0 Å². The minimum Gasteiger partial charge on any atom is -0.606 e. The fourth-order valence-corrected chi connectivity index (χ4v) is 6.03. The Hall–Kier alpha value is -2.99. The van der Waals surface area contributed by atoms with Gasteiger partial charge in [0.25, 0.3) is 0 Å². The Labute approximate surface area is 197 Å². The molecule has 2 aliphatic rings. The minimum atomic E-state index is -0.990. The number of rotatable bonds is 0. The first-order valence-electron chi connectivity index (χ1n) is 10.1. The Morgan fingerprint density at radius 3 is 1.75 bits per heavy atom. The van der Waals surface area contributed by atoms with Crippen LogP contribution >= 0.6 is 15.9 Å². The number of ketones is 2. The van der Waals surface area contributed by atoms with Gasteiger partial charge < -0.3 is 4.55 Å². The summed E-state index contributed by atoms with van der Waals surface area (Å²) >= 11 is 2.34. The average Bonchev–Trinajstić information content (AvgIpc) is 2.83.